The van der Waals surface area contributed by atoms with Crippen molar-refractivity contribution in [2.24, 2.45) is 0 Å². The van der Waals surface area contributed by atoms with E-state index in [-0.39, 0.29) is 0 Å². The van der Waals surface area contributed by atoms with E-state index in [9.17, 15) is 0 Å². The van der Waals surface area contributed by atoms with Gasteiger partial charge in [-0.25, -0.2) is 0 Å². The van der Waals surface area contributed by atoms with E-state index in [4.69, 9.17) is 4.74 Å². The minimum absolute atomic E-state index is 0.511. The lowest BCUT2D eigenvalue weighted by molar-refractivity contribution is 0.109. The summed E-state index contributed by atoms with van der Waals surface area (Å²) in [5.74, 6) is 0. The fraction of sp³-hybridized carbons (Fsp3) is 0.600. The molecule has 0 aliphatic heterocycles. The molecule has 0 aromatic heterocycles. The lowest BCUT2D eigenvalue weighted by Gasteiger charge is -2.15. The SMILES string of the molecule is CCNC(CC)COCCCc1ccccc1. The normalized spacial score (nSPS) is 12.6. The number of hydrogen-bond acceptors (Lipinski definition) is 2. The molecule has 0 heterocycles. The molecule has 0 saturated carbocycles. The molecule has 2 heteroatoms. The first-order valence-electron chi connectivity index (χ1n) is 6.71. The summed E-state index contributed by atoms with van der Waals surface area (Å²) in [5, 5.41) is 3.42. The van der Waals surface area contributed by atoms with Gasteiger partial charge in [0.25, 0.3) is 0 Å². The Kier molecular flexibility index (Phi) is 7.69. The monoisotopic (exact) mass is 235 g/mol. The van der Waals surface area contributed by atoms with Crippen LogP contribution in [0.1, 0.15) is 32.3 Å². The molecule has 0 aliphatic carbocycles. The quantitative estimate of drug-likeness (QED) is 0.664. The van der Waals surface area contributed by atoms with Gasteiger partial charge >= 0.3 is 0 Å². The molecule has 17 heavy (non-hydrogen) atoms. The minimum atomic E-state index is 0.511. The standard InChI is InChI=1S/C15H25NO/c1-3-15(16-4-2)13-17-12-8-11-14-9-6-5-7-10-14/h5-7,9-10,15-16H,3-4,8,11-13H2,1-2H3. The highest BCUT2D eigenvalue weighted by atomic mass is 16.5. The molecule has 96 valence electrons. The molecule has 0 aliphatic rings. The van der Waals surface area contributed by atoms with Crippen LogP contribution in [0.3, 0.4) is 0 Å². The van der Waals surface area contributed by atoms with Gasteiger partial charge in [-0.05, 0) is 31.4 Å². The molecule has 0 radical (unpaired) electrons. The maximum absolute atomic E-state index is 5.70. The summed E-state index contributed by atoms with van der Waals surface area (Å²) in [6.45, 7) is 7.04. The fourth-order valence-electron chi connectivity index (χ4n) is 1.86. The van der Waals surface area contributed by atoms with Crippen molar-refractivity contribution in [3.63, 3.8) is 0 Å². The van der Waals surface area contributed by atoms with Crippen LogP contribution >= 0.6 is 0 Å². The first-order valence-corrected chi connectivity index (χ1v) is 6.71. The van der Waals surface area contributed by atoms with Crippen LogP contribution in [0.25, 0.3) is 0 Å². The Labute approximate surface area is 105 Å². The number of benzene rings is 1. The smallest absolute Gasteiger partial charge is 0.0619 e. The van der Waals surface area contributed by atoms with E-state index in [2.05, 4.69) is 49.5 Å². The van der Waals surface area contributed by atoms with Crippen LogP contribution in [0.4, 0.5) is 0 Å². The molecule has 1 aromatic carbocycles. The van der Waals surface area contributed by atoms with Crippen molar-refractivity contribution in [1.29, 1.82) is 0 Å². The van der Waals surface area contributed by atoms with E-state index in [1.807, 2.05) is 0 Å². The molecule has 2 nitrogen and oxygen atoms in total. The van der Waals surface area contributed by atoms with Crippen LogP contribution in [0.15, 0.2) is 30.3 Å². The van der Waals surface area contributed by atoms with Gasteiger partial charge in [0.15, 0.2) is 0 Å². The summed E-state index contributed by atoms with van der Waals surface area (Å²) in [4.78, 5) is 0. The summed E-state index contributed by atoms with van der Waals surface area (Å²) < 4.78 is 5.70. The Hall–Kier alpha value is -0.860. The highest BCUT2D eigenvalue weighted by Gasteiger charge is 2.03. The Morgan fingerprint density at radius 2 is 1.94 bits per heavy atom. The average molecular weight is 235 g/mol. The molecule has 0 amide bonds. The van der Waals surface area contributed by atoms with Crippen molar-refractivity contribution in [3.8, 4) is 0 Å². The summed E-state index contributed by atoms with van der Waals surface area (Å²) in [6, 6.07) is 11.1. The number of hydrogen-bond donors (Lipinski definition) is 1. The number of ether oxygens (including phenoxy) is 1. The molecule has 0 saturated heterocycles. The first kappa shape index (κ1) is 14.2. The third-order valence-corrected chi connectivity index (χ3v) is 2.90. The lowest BCUT2D eigenvalue weighted by Crippen LogP contribution is -2.32. The van der Waals surface area contributed by atoms with Crippen molar-refractivity contribution >= 4 is 0 Å². The molecule has 1 atom stereocenters. The van der Waals surface area contributed by atoms with Crippen molar-refractivity contribution in [3.05, 3.63) is 35.9 Å². The zero-order chi connectivity index (χ0) is 12.3. The third-order valence-electron chi connectivity index (χ3n) is 2.90. The number of rotatable bonds is 9. The summed E-state index contributed by atoms with van der Waals surface area (Å²) >= 11 is 0. The number of aryl methyl sites for hydroxylation is 1. The zero-order valence-electron chi connectivity index (χ0n) is 11.1. The summed E-state index contributed by atoms with van der Waals surface area (Å²) in [5.41, 5.74) is 1.40. The van der Waals surface area contributed by atoms with Gasteiger partial charge in [0, 0.05) is 12.6 Å². The van der Waals surface area contributed by atoms with Crippen LogP contribution in [-0.4, -0.2) is 25.8 Å². The van der Waals surface area contributed by atoms with Gasteiger partial charge in [-0.1, -0.05) is 44.2 Å². The van der Waals surface area contributed by atoms with Gasteiger partial charge in [-0.3, -0.25) is 0 Å². The molecule has 1 aromatic rings. The van der Waals surface area contributed by atoms with Gasteiger partial charge in [0.05, 0.1) is 6.61 Å². The second-order valence-electron chi connectivity index (χ2n) is 4.33. The number of nitrogens with one attached hydrogen (secondary N) is 1. The molecular formula is C15H25NO. The highest BCUT2D eigenvalue weighted by Crippen LogP contribution is 2.02. The van der Waals surface area contributed by atoms with Crippen LogP contribution < -0.4 is 5.32 Å². The lowest BCUT2D eigenvalue weighted by atomic mass is 10.1. The van der Waals surface area contributed by atoms with Gasteiger partial charge in [0.2, 0.25) is 0 Å². The molecule has 0 fully saturated rings. The van der Waals surface area contributed by atoms with E-state index in [1.165, 1.54) is 5.56 Å². The Balaban J connectivity index is 2.04. The van der Waals surface area contributed by atoms with Crippen LogP contribution in [0.2, 0.25) is 0 Å². The van der Waals surface area contributed by atoms with E-state index >= 15 is 0 Å². The van der Waals surface area contributed by atoms with E-state index in [0.29, 0.717) is 6.04 Å². The predicted octanol–water partition coefficient (Wildman–Crippen LogP) is 3.02. The molecular weight excluding hydrogens is 210 g/mol. The van der Waals surface area contributed by atoms with Crippen LogP contribution in [0, 0.1) is 0 Å². The third kappa shape index (κ3) is 6.44. The second-order valence-corrected chi connectivity index (χ2v) is 4.33. The molecule has 1 N–H and O–H groups in total. The second kappa shape index (κ2) is 9.20. The van der Waals surface area contributed by atoms with E-state index < -0.39 is 0 Å². The van der Waals surface area contributed by atoms with Gasteiger partial charge in [0.1, 0.15) is 0 Å². The maximum Gasteiger partial charge on any atom is 0.0619 e. The summed E-state index contributed by atoms with van der Waals surface area (Å²) in [7, 11) is 0. The van der Waals surface area contributed by atoms with Gasteiger partial charge < -0.3 is 10.1 Å². The Morgan fingerprint density at radius 1 is 1.18 bits per heavy atom. The molecule has 0 bridgehead atoms. The Bertz CT molecular complexity index is 274. The topological polar surface area (TPSA) is 21.3 Å². The van der Waals surface area contributed by atoms with E-state index in [0.717, 1.165) is 39.0 Å². The maximum atomic E-state index is 5.70. The molecule has 0 spiro atoms. The molecule has 1 rings (SSSR count). The van der Waals surface area contributed by atoms with Crippen LogP contribution in [-0.2, 0) is 11.2 Å². The van der Waals surface area contributed by atoms with Crippen molar-refractivity contribution < 1.29 is 4.74 Å². The predicted molar refractivity (Wildman–Crippen MR) is 73.3 cm³/mol. The van der Waals surface area contributed by atoms with Crippen LogP contribution in [0.5, 0.6) is 0 Å². The van der Waals surface area contributed by atoms with E-state index in [1.54, 1.807) is 0 Å². The zero-order valence-corrected chi connectivity index (χ0v) is 11.1. The van der Waals surface area contributed by atoms with Crippen molar-refractivity contribution in [1.82, 2.24) is 5.32 Å². The largest absolute Gasteiger partial charge is 0.380 e. The number of likely N-dealkylation sites (N-methyl/N-ethyl adjacent to an activating group) is 1. The Morgan fingerprint density at radius 3 is 2.59 bits per heavy atom. The fourth-order valence-corrected chi connectivity index (χ4v) is 1.86. The molecule has 1 unspecified atom stereocenters. The summed E-state index contributed by atoms with van der Waals surface area (Å²) in [6.07, 6.45) is 3.35. The minimum Gasteiger partial charge on any atom is -0.380 e. The van der Waals surface area contributed by atoms with Gasteiger partial charge in [-0.15, -0.1) is 0 Å². The average Bonchev–Trinajstić information content (AvgIpc) is 2.38. The van der Waals surface area contributed by atoms with Crippen molar-refractivity contribution in [2.45, 2.75) is 39.2 Å². The highest BCUT2D eigenvalue weighted by molar-refractivity contribution is 5.14. The first-order chi connectivity index (χ1) is 8.36. The van der Waals surface area contributed by atoms with Crippen molar-refractivity contribution in [2.75, 3.05) is 19.8 Å². The van der Waals surface area contributed by atoms with Gasteiger partial charge in [-0.2, -0.15) is 0 Å².